The third kappa shape index (κ3) is 15.0. The standard InChI is InChI=1S/C47H64O11/c1-29(17-13-19-31(3)21-23-35-33(5)41(52)37(49)25-46(35,7)8)15-11-12-16-30(2)18-14-20-32(4)22-24-36-34(6)42(53)40(26-47(36,9)10)58-45(56)57-28-39(51)44(55)43(54)38(50)27-48/h11-24,37-40,43-44,48-51,54-55H,25-28H2,1-10H3/b12-11+,17-13+,18-14+,23-21+,24-22+,29-15+,30-16+,31-19+,32-20+. The Morgan fingerprint density at radius 2 is 1.09 bits per heavy atom. The van der Waals surface area contributed by atoms with Crippen molar-refractivity contribution in [1.82, 2.24) is 0 Å². The molecule has 6 unspecified atom stereocenters. The number of aliphatic hydroxyl groups is 6. The molecule has 0 aromatic heterocycles. The number of carbonyl (C=O) groups excluding carboxylic acids is 3. The summed E-state index contributed by atoms with van der Waals surface area (Å²) in [7, 11) is 0. The fraction of sp³-hybridized carbons (Fsp3) is 0.468. The summed E-state index contributed by atoms with van der Waals surface area (Å²) in [4.78, 5) is 37.8. The van der Waals surface area contributed by atoms with Gasteiger partial charge in [0.15, 0.2) is 17.7 Å². The van der Waals surface area contributed by atoms with E-state index in [4.69, 9.17) is 14.6 Å². The predicted molar refractivity (Wildman–Crippen MR) is 226 cm³/mol. The number of ether oxygens (including phenoxy) is 2. The zero-order valence-electron chi connectivity index (χ0n) is 35.6. The summed E-state index contributed by atoms with van der Waals surface area (Å²) in [6.07, 6.45) is 17.7. The maximum absolute atomic E-state index is 13.2. The third-order valence-electron chi connectivity index (χ3n) is 10.2. The molecule has 0 radical (unpaired) electrons. The Bertz CT molecular complexity index is 1840. The van der Waals surface area contributed by atoms with Crippen molar-refractivity contribution in [1.29, 1.82) is 0 Å². The van der Waals surface area contributed by atoms with E-state index in [1.54, 1.807) is 13.8 Å². The zero-order valence-corrected chi connectivity index (χ0v) is 35.6. The zero-order chi connectivity index (χ0) is 44.0. The minimum Gasteiger partial charge on any atom is -0.431 e. The lowest BCUT2D eigenvalue weighted by atomic mass is 9.71. The molecule has 0 aromatic carbocycles. The summed E-state index contributed by atoms with van der Waals surface area (Å²) in [5.41, 5.74) is 6.10. The van der Waals surface area contributed by atoms with Crippen molar-refractivity contribution in [2.24, 2.45) is 10.8 Å². The molecule has 2 aliphatic carbocycles. The molecule has 11 heteroatoms. The van der Waals surface area contributed by atoms with E-state index in [1.807, 2.05) is 140 Å². The third-order valence-corrected chi connectivity index (χ3v) is 10.2. The van der Waals surface area contributed by atoms with Gasteiger partial charge < -0.3 is 40.1 Å². The molecule has 11 nitrogen and oxygen atoms in total. The van der Waals surface area contributed by atoms with Gasteiger partial charge in [0, 0.05) is 6.42 Å². The van der Waals surface area contributed by atoms with Gasteiger partial charge in [0.05, 0.1) is 6.61 Å². The number of aliphatic hydroxyl groups excluding tert-OH is 6. The molecule has 318 valence electrons. The van der Waals surface area contributed by atoms with E-state index in [-0.39, 0.29) is 23.4 Å². The van der Waals surface area contributed by atoms with Crippen molar-refractivity contribution >= 4 is 17.7 Å². The first kappa shape index (κ1) is 49.7. The van der Waals surface area contributed by atoms with Crippen LogP contribution in [0.3, 0.4) is 0 Å². The number of hydrogen-bond donors (Lipinski definition) is 6. The van der Waals surface area contributed by atoms with Gasteiger partial charge in [-0.1, -0.05) is 135 Å². The summed E-state index contributed by atoms with van der Waals surface area (Å²) in [5.74, 6) is -0.587. The van der Waals surface area contributed by atoms with Gasteiger partial charge in [-0.2, -0.15) is 0 Å². The van der Waals surface area contributed by atoms with E-state index < -0.39 is 61.4 Å². The van der Waals surface area contributed by atoms with Gasteiger partial charge in [-0.15, -0.1) is 0 Å². The van der Waals surface area contributed by atoms with Crippen LogP contribution in [0, 0.1) is 10.8 Å². The van der Waals surface area contributed by atoms with Crippen LogP contribution >= 0.6 is 0 Å². The Morgan fingerprint density at radius 1 is 0.672 bits per heavy atom. The Balaban J connectivity index is 1.95. The van der Waals surface area contributed by atoms with Crippen LogP contribution in [0.25, 0.3) is 0 Å². The predicted octanol–water partition coefficient (Wildman–Crippen LogP) is 6.50. The van der Waals surface area contributed by atoms with Crippen LogP contribution in [0.2, 0.25) is 0 Å². The summed E-state index contributed by atoms with van der Waals surface area (Å²) < 4.78 is 10.1. The molecule has 2 aliphatic rings. The van der Waals surface area contributed by atoms with Crippen molar-refractivity contribution in [2.75, 3.05) is 13.2 Å². The number of hydrogen-bond acceptors (Lipinski definition) is 11. The average molecular weight is 805 g/mol. The first-order valence-electron chi connectivity index (χ1n) is 19.5. The second kappa shape index (κ2) is 22.6. The Kier molecular flexibility index (Phi) is 19.4. The topological polar surface area (TPSA) is 191 Å². The lowest BCUT2D eigenvalue weighted by molar-refractivity contribution is -0.133. The van der Waals surface area contributed by atoms with Gasteiger partial charge >= 0.3 is 6.16 Å². The molecule has 0 fully saturated rings. The highest BCUT2D eigenvalue weighted by Crippen LogP contribution is 2.41. The van der Waals surface area contributed by atoms with Crippen molar-refractivity contribution in [3.63, 3.8) is 0 Å². The Hall–Kier alpha value is -4.49. The molecule has 6 atom stereocenters. The quantitative estimate of drug-likeness (QED) is 0.0695. The molecule has 0 spiro atoms. The number of rotatable bonds is 17. The second-order valence-electron chi connectivity index (χ2n) is 16.4. The largest absolute Gasteiger partial charge is 0.509 e. The van der Waals surface area contributed by atoms with E-state index in [1.165, 1.54) is 0 Å². The van der Waals surface area contributed by atoms with Gasteiger partial charge in [0.1, 0.15) is 37.1 Å². The number of ketones is 2. The number of carbonyl (C=O) groups is 3. The Morgan fingerprint density at radius 3 is 1.57 bits per heavy atom. The molecule has 0 aliphatic heterocycles. The first-order valence-corrected chi connectivity index (χ1v) is 19.5. The first-order chi connectivity index (χ1) is 27.0. The monoisotopic (exact) mass is 804 g/mol. The van der Waals surface area contributed by atoms with E-state index >= 15 is 0 Å². The summed E-state index contributed by atoms with van der Waals surface area (Å²) in [6, 6.07) is 0. The molecular weight excluding hydrogens is 741 g/mol. The molecule has 0 aromatic rings. The molecule has 0 heterocycles. The minimum atomic E-state index is -1.90. The highest BCUT2D eigenvalue weighted by molar-refractivity contribution is 6.01. The van der Waals surface area contributed by atoms with Crippen LogP contribution in [0.4, 0.5) is 4.79 Å². The van der Waals surface area contributed by atoms with Crippen LogP contribution in [0.5, 0.6) is 0 Å². The number of allylic oxidation sites excluding steroid dienone is 20. The molecule has 2 rings (SSSR count). The average Bonchev–Trinajstić information content (AvgIpc) is 3.15. The molecule has 0 bridgehead atoms. The van der Waals surface area contributed by atoms with Crippen LogP contribution in [-0.4, -0.2) is 98.2 Å². The van der Waals surface area contributed by atoms with Gasteiger partial charge in [0.2, 0.25) is 0 Å². The van der Waals surface area contributed by atoms with Crippen LogP contribution < -0.4 is 0 Å². The molecular formula is C47H64O11. The smallest absolute Gasteiger partial charge is 0.431 e. The number of Topliss-reactive ketones (excluding diaryl/α,β-unsaturated/α-hetero) is 2. The van der Waals surface area contributed by atoms with Crippen molar-refractivity contribution < 1.29 is 54.5 Å². The minimum absolute atomic E-state index is 0.180. The lowest BCUT2D eigenvalue weighted by Gasteiger charge is -2.36. The van der Waals surface area contributed by atoms with Crippen LogP contribution in [-0.2, 0) is 19.1 Å². The van der Waals surface area contributed by atoms with Gasteiger partial charge in [-0.05, 0) is 81.1 Å². The molecule has 0 saturated heterocycles. The fourth-order valence-electron chi connectivity index (χ4n) is 6.66. The summed E-state index contributed by atoms with van der Waals surface area (Å²) in [5, 5.41) is 58.0. The van der Waals surface area contributed by atoms with Crippen LogP contribution in [0.1, 0.15) is 82.1 Å². The van der Waals surface area contributed by atoms with E-state index in [0.717, 1.165) is 33.4 Å². The lowest BCUT2D eigenvalue weighted by Crippen LogP contribution is -2.47. The van der Waals surface area contributed by atoms with Crippen LogP contribution in [0.15, 0.2) is 130 Å². The normalized spacial score (nSPS) is 23.6. The maximum Gasteiger partial charge on any atom is 0.509 e. The van der Waals surface area contributed by atoms with E-state index in [0.29, 0.717) is 17.6 Å². The van der Waals surface area contributed by atoms with Crippen molar-refractivity contribution in [2.45, 2.75) is 119 Å². The van der Waals surface area contributed by atoms with Gasteiger partial charge in [-0.3, -0.25) is 9.59 Å². The van der Waals surface area contributed by atoms with Gasteiger partial charge in [0.25, 0.3) is 0 Å². The second-order valence-corrected chi connectivity index (χ2v) is 16.4. The molecule has 0 saturated carbocycles. The fourth-order valence-corrected chi connectivity index (χ4v) is 6.66. The van der Waals surface area contributed by atoms with Gasteiger partial charge in [-0.25, -0.2) is 4.79 Å². The van der Waals surface area contributed by atoms with E-state index in [2.05, 4.69) is 0 Å². The highest BCUT2D eigenvalue weighted by Gasteiger charge is 2.41. The summed E-state index contributed by atoms with van der Waals surface area (Å²) in [6.45, 7) is 17.7. The highest BCUT2D eigenvalue weighted by atomic mass is 16.7. The molecule has 58 heavy (non-hydrogen) atoms. The maximum atomic E-state index is 13.2. The van der Waals surface area contributed by atoms with Crippen molar-refractivity contribution in [3.8, 4) is 0 Å². The van der Waals surface area contributed by atoms with E-state index in [9.17, 15) is 39.9 Å². The van der Waals surface area contributed by atoms with Crippen molar-refractivity contribution in [3.05, 3.63) is 130 Å². The Labute approximate surface area is 343 Å². The SMILES string of the molecule is CC1=C(/C=C/C(C)=C/C=C/C(C)=C/C=C/C=C(C)/C=C/C=C(C)/C=C/C2=C(C)C(=O)C(OC(=O)OCC(O)C(O)C(O)C(O)CO)CC2(C)C)C(C)(C)CC(O)C1=O. The summed E-state index contributed by atoms with van der Waals surface area (Å²) >= 11 is 0. The molecule has 0 amide bonds. The molecule has 6 N–H and O–H groups in total.